The minimum Gasteiger partial charge on any atom is -0.391 e. The van der Waals surface area contributed by atoms with Crippen molar-refractivity contribution < 1.29 is 9.90 Å². The van der Waals surface area contributed by atoms with Crippen molar-refractivity contribution in [2.75, 3.05) is 18.8 Å². The second kappa shape index (κ2) is 5.69. The van der Waals surface area contributed by atoms with Crippen LogP contribution in [0.25, 0.3) is 0 Å². The van der Waals surface area contributed by atoms with E-state index in [-0.39, 0.29) is 11.8 Å². The number of likely N-dealkylation sites (tertiary alicyclic amines) is 1. The first-order valence-corrected chi connectivity index (χ1v) is 8.00. The fourth-order valence-electron chi connectivity index (χ4n) is 2.32. The number of hydrogen-bond acceptors (Lipinski definition) is 6. The summed E-state index contributed by atoms with van der Waals surface area (Å²) < 4.78 is 1.81. The third kappa shape index (κ3) is 2.95. The number of nitrogens with zero attached hydrogens (tertiary/aromatic N) is 5. The summed E-state index contributed by atoms with van der Waals surface area (Å²) in [6.45, 7) is 3.18. The van der Waals surface area contributed by atoms with E-state index in [1.807, 2.05) is 11.6 Å². The minimum absolute atomic E-state index is 0.0475. The summed E-state index contributed by atoms with van der Waals surface area (Å²) in [5, 5.41) is 22.2. The van der Waals surface area contributed by atoms with Gasteiger partial charge in [0, 0.05) is 13.1 Å². The molecule has 1 saturated carbocycles. The Balaban J connectivity index is 1.53. The average Bonchev–Trinajstić information content (AvgIpc) is 3.18. The first kappa shape index (κ1) is 13.8. The monoisotopic (exact) mass is 297 g/mol. The number of hydrogen-bond donors (Lipinski definition) is 1. The molecule has 1 saturated heterocycles. The fourth-order valence-corrected chi connectivity index (χ4v) is 3.17. The van der Waals surface area contributed by atoms with E-state index in [0.29, 0.717) is 23.5 Å². The molecule has 2 heterocycles. The second-order valence-electron chi connectivity index (χ2n) is 5.60. The summed E-state index contributed by atoms with van der Waals surface area (Å²) >= 11 is 1.38. The number of amides is 1. The largest absolute Gasteiger partial charge is 0.391 e. The molecular formula is C12H19N5O2S. The Labute approximate surface area is 121 Å². The van der Waals surface area contributed by atoms with Gasteiger partial charge in [-0.3, -0.25) is 4.79 Å². The second-order valence-corrected chi connectivity index (χ2v) is 6.54. The van der Waals surface area contributed by atoms with E-state index in [0.717, 1.165) is 25.8 Å². The number of tetrazole rings is 1. The average molecular weight is 297 g/mol. The summed E-state index contributed by atoms with van der Waals surface area (Å²) in [4.78, 5) is 13.9. The van der Waals surface area contributed by atoms with Crippen LogP contribution in [0, 0.1) is 5.92 Å². The van der Waals surface area contributed by atoms with Gasteiger partial charge in [0.15, 0.2) is 0 Å². The fraction of sp³-hybridized carbons (Fsp3) is 0.833. The molecule has 0 bridgehead atoms. The molecule has 1 aromatic heterocycles. The number of rotatable bonds is 4. The van der Waals surface area contributed by atoms with Gasteiger partial charge in [-0.25, -0.2) is 4.68 Å². The van der Waals surface area contributed by atoms with Crippen LogP contribution in [-0.2, 0) is 4.79 Å². The molecule has 20 heavy (non-hydrogen) atoms. The lowest BCUT2D eigenvalue weighted by Gasteiger charge is -2.34. The Morgan fingerprint density at radius 2 is 2.25 bits per heavy atom. The number of β-amino-alcohol motifs (C(OH)–C–C–N with tert-alkyl or cyclic N) is 1. The van der Waals surface area contributed by atoms with Crippen molar-refractivity contribution in [3.8, 4) is 0 Å². The predicted octanol–water partition coefficient (Wildman–Crippen LogP) is 0.329. The van der Waals surface area contributed by atoms with Crippen LogP contribution in [0.4, 0.5) is 0 Å². The maximum Gasteiger partial charge on any atom is 0.233 e. The summed E-state index contributed by atoms with van der Waals surface area (Å²) in [6, 6.07) is 0.417. The molecule has 3 rings (SSSR count). The van der Waals surface area contributed by atoms with Crippen molar-refractivity contribution in [1.29, 1.82) is 0 Å². The van der Waals surface area contributed by atoms with Crippen molar-refractivity contribution in [3.05, 3.63) is 0 Å². The van der Waals surface area contributed by atoms with Crippen LogP contribution in [0.1, 0.15) is 32.2 Å². The van der Waals surface area contributed by atoms with E-state index in [1.54, 1.807) is 4.90 Å². The molecule has 1 aliphatic carbocycles. The van der Waals surface area contributed by atoms with Gasteiger partial charge in [-0.2, -0.15) is 0 Å². The molecule has 1 N–H and O–H groups in total. The number of carbonyl (C=O) groups excluding carboxylic acids is 1. The molecule has 1 aliphatic heterocycles. The van der Waals surface area contributed by atoms with Crippen molar-refractivity contribution in [1.82, 2.24) is 25.1 Å². The highest BCUT2D eigenvalue weighted by Crippen LogP contribution is 2.36. The molecule has 0 aromatic carbocycles. The van der Waals surface area contributed by atoms with Crippen molar-refractivity contribution >= 4 is 17.7 Å². The SMILES string of the molecule is CC1CCN(C(=O)CSc2nnnn2C2CC2)CC1O. The minimum atomic E-state index is -0.408. The van der Waals surface area contributed by atoms with Crippen LogP contribution in [0.5, 0.6) is 0 Å². The zero-order valence-electron chi connectivity index (χ0n) is 11.5. The van der Waals surface area contributed by atoms with Crippen LogP contribution in [0.2, 0.25) is 0 Å². The first-order chi connectivity index (χ1) is 9.65. The lowest BCUT2D eigenvalue weighted by molar-refractivity contribution is -0.132. The third-order valence-electron chi connectivity index (χ3n) is 3.95. The predicted molar refractivity (Wildman–Crippen MR) is 73.2 cm³/mol. The van der Waals surface area contributed by atoms with Gasteiger partial charge in [0.05, 0.1) is 17.9 Å². The zero-order chi connectivity index (χ0) is 14.1. The smallest absolute Gasteiger partial charge is 0.233 e. The summed E-state index contributed by atoms with van der Waals surface area (Å²) in [5.41, 5.74) is 0. The quantitative estimate of drug-likeness (QED) is 0.806. The van der Waals surface area contributed by atoms with Gasteiger partial charge in [-0.05, 0) is 35.6 Å². The Morgan fingerprint density at radius 3 is 2.95 bits per heavy atom. The third-order valence-corrected chi connectivity index (χ3v) is 4.87. The highest BCUT2D eigenvalue weighted by Gasteiger charge is 2.30. The van der Waals surface area contributed by atoms with Crippen LogP contribution in [-0.4, -0.2) is 61.1 Å². The molecule has 7 nitrogen and oxygen atoms in total. The normalized spacial score (nSPS) is 26.8. The number of thioether (sulfide) groups is 1. The van der Waals surface area contributed by atoms with Crippen LogP contribution < -0.4 is 0 Å². The van der Waals surface area contributed by atoms with Gasteiger partial charge >= 0.3 is 0 Å². The number of aliphatic hydroxyl groups excluding tert-OH is 1. The molecule has 110 valence electrons. The molecule has 1 aromatic rings. The number of aromatic nitrogens is 4. The van der Waals surface area contributed by atoms with Gasteiger partial charge in [0.2, 0.25) is 11.1 Å². The molecular weight excluding hydrogens is 278 g/mol. The summed E-state index contributed by atoms with van der Waals surface area (Å²) in [5.74, 6) is 0.647. The molecule has 0 spiro atoms. The summed E-state index contributed by atoms with van der Waals surface area (Å²) in [6.07, 6.45) is 2.68. The topological polar surface area (TPSA) is 84.1 Å². The van der Waals surface area contributed by atoms with E-state index in [2.05, 4.69) is 15.5 Å². The zero-order valence-corrected chi connectivity index (χ0v) is 12.3. The molecule has 8 heteroatoms. The van der Waals surface area contributed by atoms with Crippen LogP contribution >= 0.6 is 11.8 Å². The standard InChI is InChI=1S/C12H19N5O2S/c1-8-4-5-16(6-10(8)18)11(19)7-20-12-13-14-15-17(12)9-2-3-9/h8-10,18H,2-7H2,1H3. The Bertz CT molecular complexity index is 490. The molecule has 0 radical (unpaired) electrons. The van der Waals surface area contributed by atoms with Gasteiger partial charge < -0.3 is 10.0 Å². The van der Waals surface area contributed by atoms with Gasteiger partial charge in [0.25, 0.3) is 0 Å². The molecule has 1 amide bonds. The first-order valence-electron chi connectivity index (χ1n) is 7.01. The van der Waals surface area contributed by atoms with Gasteiger partial charge in [-0.15, -0.1) is 5.10 Å². The number of aliphatic hydroxyl groups is 1. The van der Waals surface area contributed by atoms with Gasteiger partial charge in [-0.1, -0.05) is 18.7 Å². The summed E-state index contributed by atoms with van der Waals surface area (Å²) in [7, 11) is 0. The lowest BCUT2D eigenvalue weighted by Crippen LogP contribution is -2.46. The van der Waals surface area contributed by atoms with Crippen LogP contribution in [0.15, 0.2) is 5.16 Å². The highest BCUT2D eigenvalue weighted by atomic mass is 32.2. The Morgan fingerprint density at radius 1 is 1.45 bits per heavy atom. The number of piperidine rings is 1. The molecule has 2 unspecified atom stereocenters. The molecule has 2 fully saturated rings. The van der Waals surface area contributed by atoms with E-state index < -0.39 is 6.10 Å². The van der Waals surface area contributed by atoms with Gasteiger partial charge in [0.1, 0.15) is 0 Å². The maximum absolute atomic E-state index is 12.2. The van der Waals surface area contributed by atoms with E-state index in [9.17, 15) is 9.90 Å². The molecule has 2 aliphatic rings. The maximum atomic E-state index is 12.2. The highest BCUT2D eigenvalue weighted by molar-refractivity contribution is 7.99. The molecule has 2 atom stereocenters. The van der Waals surface area contributed by atoms with E-state index >= 15 is 0 Å². The van der Waals surface area contributed by atoms with Crippen LogP contribution in [0.3, 0.4) is 0 Å². The number of carbonyl (C=O) groups is 1. The van der Waals surface area contributed by atoms with E-state index in [4.69, 9.17) is 0 Å². The Kier molecular flexibility index (Phi) is 3.93. The van der Waals surface area contributed by atoms with Crippen molar-refractivity contribution in [2.45, 2.75) is 43.5 Å². The van der Waals surface area contributed by atoms with E-state index in [1.165, 1.54) is 11.8 Å². The van der Waals surface area contributed by atoms with Crippen molar-refractivity contribution in [2.24, 2.45) is 5.92 Å². The van der Waals surface area contributed by atoms with Crippen molar-refractivity contribution in [3.63, 3.8) is 0 Å². The lowest BCUT2D eigenvalue weighted by atomic mass is 9.96. The Hall–Kier alpha value is -1.15.